The predicted octanol–water partition coefficient (Wildman–Crippen LogP) is 1.61. The smallest absolute Gasteiger partial charge is 0.191 e. The molecule has 1 saturated heterocycles. The topological polar surface area (TPSA) is 73.8 Å². The molecule has 0 amide bonds. The maximum absolute atomic E-state index is 12.1. The van der Waals surface area contributed by atoms with Crippen LogP contribution >= 0.6 is 24.0 Å². The van der Waals surface area contributed by atoms with E-state index in [2.05, 4.69) is 20.5 Å². The first kappa shape index (κ1) is 22.0. The maximum atomic E-state index is 12.1. The van der Waals surface area contributed by atoms with Crippen molar-refractivity contribution in [2.24, 2.45) is 4.99 Å². The van der Waals surface area contributed by atoms with E-state index in [1.807, 2.05) is 0 Å². The van der Waals surface area contributed by atoms with Gasteiger partial charge in [-0.1, -0.05) is 0 Å². The molecule has 2 fully saturated rings. The number of piperidine rings is 1. The van der Waals surface area contributed by atoms with Crippen molar-refractivity contribution in [2.75, 3.05) is 32.4 Å². The zero-order valence-electron chi connectivity index (χ0n) is 15.3. The summed E-state index contributed by atoms with van der Waals surface area (Å²) in [5, 5.41) is 6.57. The molecule has 0 atom stereocenters. The molecule has 0 aromatic rings. The minimum Gasteiger partial charge on any atom is -0.355 e. The van der Waals surface area contributed by atoms with E-state index in [0.29, 0.717) is 18.5 Å². The van der Waals surface area contributed by atoms with Gasteiger partial charge in [-0.3, -0.25) is 4.99 Å². The van der Waals surface area contributed by atoms with Gasteiger partial charge in [-0.2, -0.15) is 0 Å². The Morgan fingerprint density at radius 2 is 1.75 bits per heavy atom. The van der Waals surface area contributed by atoms with Crippen LogP contribution in [0.3, 0.4) is 0 Å². The Hall–Kier alpha value is -0.0900. The van der Waals surface area contributed by atoms with Crippen LogP contribution in [0.25, 0.3) is 0 Å². The molecule has 2 rings (SSSR count). The summed E-state index contributed by atoms with van der Waals surface area (Å²) in [5.74, 6) is 0.830. The largest absolute Gasteiger partial charge is 0.355 e. The van der Waals surface area contributed by atoms with Crippen LogP contribution in [0, 0.1) is 0 Å². The summed E-state index contributed by atoms with van der Waals surface area (Å²) in [6.45, 7) is 7.91. The van der Waals surface area contributed by atoms with Gasteiger partial charge in [0.1, 0.15) is 0 Å². The van der Waals surface area contributed by atoms with Gasteiger partial charge in [0.15, 0.2) is 15.8 Å². The van der Waals surface area contributed by atoms with E-state index in [1.54, 1.807) is 27.8 Å². The third-order valence-corrected chi connectivity index (χ3v) is 7.36. The monoisotopic (exact) mass is 472 g/mol. The molecule has 1 heterocycles. The van der Waals surface area contributed by atoms with Crippen LogP contribution in [0.1, 0.15) is 46.5 Å². The Morgan fingerprint density at radius 1 is 1.17 bits per heavy atom. The number of rotatable bonds is 5. The SMILES string of the molecule is CN=C(NCCS(=O)(=O)C(C)(C)C)NC1CCN(C2CC2)CC1.I. The average molecular weight is 472 g/mol. The zero-order chi connectivity index (χ0) is 17.1. The van der Waals surface area contributed by atoms with Crippen molar-refractivity contribution in [3.8, 4) is 0 Å². The summed E-state index contributed by atoms with van der Waals surface area (Å²) in [5.41, 5.74) is 0. The molecule has 1 saturated carbocycles. The highest BCUT2D eigenvalue weighted by molar-refractivity contribution is 14.0. The average Bonchev–Trinajstić information content (AvgIpc) is 3.30. The Bertz CT molecular complexity index is 519. The van der Waals surface area contributed by atoms with Crippen molar-refractivity contribution in [2.45, 2.75) is 63.3 Å². The molecule has 2 aliphatic rings. The molecule has 0 radical (unpaired) electrons. The molecule has 2 N–H and O–H groups in total. The van der Waals surface area contributed by atoms with Crippen LogP contribution in [0.5, 0.6) is 0 Å². The summed E-state index contributed by atoms with van der Waals surface area (Å²) in [6, 6.07) is 1.27. The van der Waals surface area contributed by atoms with Crippen LogP contribution in [-0.4, -0.2) is 68.5 Å². The lowest BCUT2D eigenvalue weighted by Gasteiger charge is -2.33. The molecule has 0 unspecified atom stereocenters. The predicted molar refractivity (Wildman–Crippen MR) is 111 cm³/mol. The third kappa shape index (κ3) is 6.33. The van der Waals surface area contributed by atoms with Gasteiger partial charge < -0.3 is 15.5 Å². The zero-order valence-corrected chi connectivity index (χ0v) is 18.5. The van der Waals surface area contributed by atoms with E-state index in [4.69, 9.17) is 0 Å². The van der Waals surface area contributed by atoms with E-state index in [1.165, 1.54) is 12.8 Å². The molecule has 0 aromatic heterocycles. The Kier molecular flexibility index (Phi) is 8.25. The van der Waals surface area contributed by atoms with E-state index >= 15 is 0 Å². The van der Waals surface area contributed by atoms with Crippen molar-refractivity contribution in [3.63, 3.8) is 0 Å². The molecule has 6 nitrogen and oxygen atoms in total. The highest BCUT2D eigenvalue weighted by Gasteiger charge is 2.32. The number of sulfone groups is 1. The van der Waals surface area contributed by atoms with Crippen LogP contribution < -0.4 is 10.6 Å². The number of guanidine groups is 1. The minimum absolute atomic E-state index is 0. The summed E-state index contributed by atoms with van der Waals surface area (Å²) < 4.78 is 23.5. The fourth-order valence-corrected chi connectivity index (χ4v) is 3.83. The fraction of sp³-hybridized carbons (Fsp3) is 0.938. The van der Waals surface area contributed by atoms with Gasteiger partial charge >= 0.3 is 0 Å². The molecule has 24 heavy (non-hydrogen) atoms. The summed E-state index contributed by atoms with van der Waals surface area (Å²) in [7, 11) is -1.37. The fourth-order valence-electron chi connectivity index (χ4n) is 2.85. The number of likely N-dealkylation sites (tertiary alicyclic amines) is 1. The Balaban J connectivity index is 0.00000288. The number of hydrogen-bond acceptors (Lipinski definition) is 4. The lowest BCUT2D eigenvalue weighted by molar-refractivity contribution is 0.197. The molecule has 1 aliphatic heterocycles. The Morgan fingerprint density at radius 3 is 2.21 bits per heavy atom. The van der Waals surface area contributed by atoms with Crippen LogP contribution in [0.4, 0.5) is 0 Å². The van der Waals surface area contributed by atoms with E-state index in [-0.39, 0.29) is 29.7 Å². The van der Waals surface area contributed by atoms with Crippen molar-refractivity contribution in [1.82, 2.24) is 15.5 Å². The summed E-state index contributed by atoms with van der Waals surface area (Å²) in [4.78, 5) is 6.80. The van der Waals surface area contributed by atoms with E-state index < -0.39 is 14.6 Å². The standard InChI is InChI=1S/C16H32N4O2S.HI/c1-16(2,3)23(21,22)12-9-18-15(17-4)19-13-7-10-20(11-8-13)14-5-6-14;/h13-14H,5-12H2,1-4H3,(H2,17,18,19);1H. The van der Waals surface area contributed by atoms with Gasteiger partial charge in [0.2, 0.25) is 0 Å². The number of halogens is 1. The molecule has 0 spiro atoms. The number of nitrogens with zero attached hydrogens (tertiary/aromatic N) is 2. The van der Waals surface area contributed by atoms with E-state index in [0.717, 1.165) is 32.0 Å². The maximum Gasteiger partial charge on any atom is 0.191 e. The van der Waals surface area contributed by atoms with Crippen LogP contribution in [0.15, 0.2) is 4.99 Å². The first-order chi connectivity index (χ1) is 10.7. The quantitative estimate of drug-likeness (QED) is 0.362. The minimum atomic E-state index is -3.10. The summed E-state index contributed by atoms with van der Waals surface area (Å²) >= 11 is 0. The van der Waals surface area contributed by atoms with E-state index in [9.17, 15) is 8.42 Å². The van der Waals surface area contributed by atoms with Gasteiger partial charge in [0.25, 0.3) is 0 Å². The lowest BCUT2D eigenvalue weighted by Crippen LogP contribution is -2.50. The molecule has 142 valence electrons. The second-order valence-corrected chi connectivity index (χ2v) is 10.5. The second kappa shape index (κ2) is 9.02. The number of aliphatic imine (C=N–C) groups is 1. The highest BCUT2D eigenvalue weighted by Crippen LogP contribution is 2.29. The normalized spacial score (nSPS) is 21.2. The number of hydrogen-bond donors (Lipinski definition) is 2. The summed E-state index contributed by atoms with van der Waals surface area (Å²) in [6.07, 6.45) is 4.97. The first-order valence-electron chi connectivity index (χ1n) is 8.66. The van der Waals surface area contributed by atoms with Crippen molar-refractivity contribution >= 4 is 39.8 Å². The molecule has 1 aliphatic carbocycles. The van der Waals surface area contributed by atoms with Gasteiger partial charge in [0.05, 0.1) is 10.5 Å². The van der Waals surface area contributed by atoms with Gasteiger partial charge in [0, 0.05) is 38.8 Å². The van der Waals surface area contributed by atoms with Crippen molar-refractivity contribution in [3.05, 3.63) is 0 Å². The molecular weight excluding hydrogens is 439 g/mol. The Labute approximate surface area is 164 Å². The highest BCUT2D eigenvalue weighted by atomic mass is 127. The van der Waals surface area contributed by atoms with Crippen molar-refractivity contribution in [1.29, 1.82) is 0 Å². The lowest BCUT2D eigenvalue weighted by atomic mass is 10.1. The molecular formula is C16H33IN4O2S. The van der Waals surface area contributed by atoms with Gasteiger partial charge in [-0.15, -0.1) is 24.0 Å². The molecule has 0 aromatic carbocycles. The van der Waals surface area contributed by atoms with Crippen LogP contribution in [0.2, 0.25) is 0 Å². The number of nitrogens with one attached hydrogen (secondary N) is 2. The van der Waals surface area contributed by atoms with Gasteiger partial charge in [-0.25, -0.2) is 8.42 Å². The molecule has 0 bridgehead atoms. The van der Waals surface area contributed by atoms with Gasteiger partial charge in [-0.05, 0) is 46.5 Å². The molecule has 8 heteroatoms. The second-order valence-electron chi connectivity index (χ2n) is 7.62. The third-order valence-electron chi connectivity index (χ3n) is 4.75. The van der Waals surface area contributed by atoms with Crippen molar-refractivity contribution < 1.29 is 8.42 Å². The first-order valence-corrected chi connectivity index (χ1v) is 10.3. The van der Waals surface area contributed by atoms with Crippen LogP contribution in [-0.2, 0) is 9.84 Å².